The molecule has 0 aliphatic heterocycles. The number of rotatable bonds is 9. The monoisotopic (exact) mass is 499 g/mol. The summed E-state index contributed by atoms with van der Waals surface area (Å²) >= 11 is 1.15. The number of anilines is 1. The normalized spacial score (nSPS) is 11.2. The highest BCUT2D eigenvalue weighted by atomic mass is 32.2. The summed E-state index contributed by atoms with van der Waals surface area (Å²) in [5, 5.41) is 5.60. The van der Waals surface area contributed by atoms with Crippen LogP contribution in [0, 0.1) is 6.92 Å². The van der Waals surface area contributed by atoms with Gasteiger partial charge in [-0.15, -0.1) is 11.3 Å². The van der Waals surface area contributed by atoms with E-state index in [4.69, 9.17) is 14.0 Å². The number of thiophene rings is 1. The van der Waals surface area contributed by atoms with E-state index in [0.29, 0.717) is 17.3 Å². The number of aromatic nitrogens is 2. The number of hydrogen-bond acceptors (Lipinski definition) is 9. The molecule has 2 aromatic heterocycles. The summed E-state index contributed by atoms with van der Waals surface area (Å²) in [6.07, 6.45) is 0. The molecule has 0 saturated carbocycles. The lowest BCUT2D eigenvalue weighted by atomic mass is 10.1. The average molecular weight is 500 g/mol. The first kappa shape index (κ1) is 23.5. The van der Waals surface area contributed by atoms with Crippen LogP contribution < -0.4 is 9.04 Å². The molecule has 9 nitrogen and oxygen atoms in total. The van der Waals surface area contributed by atoms with E-state index in [9.17, 15) is 13.2 Å². The highest BCUT2D eigenvalue weighted by molar-refractivity contribution is 7.94. The second-order valence-corrected chi connectivity index (χ2v) is 10.4. The van der Waals surface area contributed by atoms with Crippen LogP contribution in [0.15, 0.2) is 74.8 Å². The van der Waals surface area contributed by atoms with Gasteiger partial charge in [-0.1, -0.05) is 41.1 Å². The van der Waals surface area contributed by atoms with E-state index < -0.39 is 16.0 Å². The molecular weight excluding hydrogens is 478 g/mol. The van der Waals surface area contributed by atoms with E-state index >= 15 is 0 Å². The van der Waals surface area contributed by atoms with Gasteiger partial charge >= 0.3 is 5.97 Å². The molecule has 0 spiro atoms. The number of carbonyl (C=O) groups excluding carboxylic acids is 1. The van der Waals surface area contributed by atoms with Crippen LogP contribution in [0.4, 0.5) is 5.69 Å². The zero-order chi connectivity index (χ0) is 24.1. The van der Waals surface area contributed by atoms with Crippen LogP contribution in [0.25, 0.3) is 11.4 Å². The van der Waals surface area contributed by atoms with Gasteiger partial charge in [0.2, 0.25) is 5.82 Å². The Morgan fingerprint density at radius 3 is 2.50 bits per heavy atom. The summed E-state index contributed by atoms with van der Waals surface area (Å²) in [4.78, 5) is 16.2. The Morgan fingerprint density at radius 1 is 1.09 bits per heavy atom. The molecule has 176 valence electrons. The summed E-state index contributed by atoms with van der Waals surface area (Å²) in [6.45, 7) is 1.48. The zero-order valence-corrected chi connectivity index (χ0v) is 20.0. The predicted molar refractivity (Wildman–Crippen MR) is 126 cm³/mol. The Bertz CT molecular complexity index is 1350. The predicted octanol–water partition coefficient (Wildman–Crippen LogP) is 4.05. The number of nitrogens with zero attached hydrogens (tertiary/aromatic N) is 3. The summed E-state index contributed by atoms with van der Waals surface area (Å²) in [5.41, 5.74) is 2.38. The zero-order valence-electron chi connectivity index (χ0n) is 18.4. The minimum absolute atomic E-state index is 0.170. The topological polar surface area (TPSA) is 112 Å². The number of sulfonamides is 1. The molecule has 0 amide bonds. The molecule has 0 radical (unpaired) electrons. The molecule has 0 N–H and O–H groups in total. The maximum atomic E-state index is 12.6. The van der Waals surface area contributed by atoms with E-state index in [2.05, 4.69) is 10.1 Å². The van der Waals surface area contributed by atoms with Gasteiger partial charge in [-0.05, 0) is 42.6 Å². The van der Waals surface area contributed by atoms with Gasteiger partial charge in [0.15, 0.2) is 13.2 Å². The van der Waals surface area contributed by atoms with E-state index in [1.807, 2.05) is 31.2 Å². The molecule has 0 unspecified atom stereocenters. The maximum Gasteiger partial charge on any atom is 0.344 e. The van der Waals surface area contributed by atoms with Crippen molar-refractivity contribution in [3.8, 4) is 17.1 Å². The van der Waals surface area contributed by atoms with Crippen molar-refractivity contribution < 1.29 is 27.2 Å². The van der Waals surface area contributed by atoms with Gasteiger partial charge in [-0.25, -0.2) is 13.2 Å². The summed E-state index contributed by atoms with van der Waals surface area (Å²) in [5.74, 6) is 0.357. The number of benzene rings is 2. The minimum atomic E-state index is -3.62. The van der Waals surface area contributed by atoms with Gasteiger partial charge in [-0.2, -0.15) is 4.98 Å². The first-order chi connectivity index (χ1) is 16.3. The average Bonchev–Trinajstić information content (AvgIpc) is 3.55. The molecule has 34 heavy (non-hydrogen) atoms. The highest BCUT2D eigenvalue weighted by Gasteiger charge is 2.22. The van der Waals surface area contributed by atoms with Gasteiger partial charge in [0.05, 0.1) is 5.69 Å². The molecule has 2 aromatic carbocycles. The Labute approximate surface area is 200 Å². The molecule has 0 saturated heterocycles. The molecule has 0 bridgehead atoms. The quantitative estimate of drug-likeness (QED) is 0.317. The van der Waals surface area contributed by atoms with Crippen LogP contribution in [0.2, 0.25) is 0 Å². The van der Waals surface area contributed by atoms with Crippen molar-refractivity contribution >= 4 is 33.0 Å². The number of carbonyl (C=O) groups is 1. The Hall–Kier alpha value is -3.70. The molecule has 11 heteroatoms. The number of hydrogen-bond donors (Lipinski definition) is 0. The Balaban J connectivity index is 1.27. The van der Waals surface area contributed by atoms with Crippen molar-refractivity contribution in [1.82, 2.24) is 10.1 Å². The van der Waals surface area contributed by atoms with Crippen LogP contribution in [0.3, 0.4) is 0 Å². The lowest BCUT2D eigenvalue weighted by Crippen LogP contribution is -2.25. The number of esters is 1. The van der Waals surface area contributed by atoms with Gasteiger partial charge in [0.1, 0.15) is 9.96 Å². The van der Waals surface area contributed by atoms with Gasteiger partial charge < -0.3 is 14.0 Å². The standard InChI is InChI=1S/C23H21N3O6S2/c1-16-5-7-17(8-6-16)23-24-20(32-25-23)14-31-21(27)15-30-19-11-9-18(10-12-19)26(2)34(28,29)22-4-3-13-33-22/h3-13H,14-15H2,1-2H3. The summed E-state index contributed by atoms with van der Waals surface area (Å²) in [7, 11) is -2.15. The van der Waals surface area contributed by atoms with Crippen molar-refractivity contribution in [3.63, 3.8) is 0 Å². The van der Waals surface area contributed by atoms with E-state index in [-0.39, 0.29) is 23.3 Å². The highest BCUT2D eigenvalue weighted by Crippen LogP contribution is 2.26. The molecule has 4 aromatic rings. The third-order valence-corrected chi connectivity index (χ3v) is 7.96. The van der Waals surface area contributed by atoms with Crippen LogP contribution in [-0.2, 0) is 26.2 Å². The van der Waals surface area contributed by atoms with E-state index in [1.54, 1.807) is 41.8 Å². The summed E-state index contributed by atoms with van der Waals surface area (Å²) < 4.78 is 42.3. The number of aryl methyl sites for hydroxylation is 1. The van der Waals surface area contributed by atoms with Crippen LogP contribution in [-0.4, -0.2) is 38.2 Å². The fraction of sp³-hybridized carbons (Fsp3) is 0.174. The molecular formula is C23H21N3O6S2. The Kier molecular flexibility index (Phi) is 6.94. The summed E-state index contributed by atoms with van der Waals surface area (Å²) in [6, 6.07) is 17.2. The van der Waals surface area contributed by atoms with Crippen molar-refractivity contribution in [2.75, 3.05) is 18.0 Å². The second-order valence-electron chi connectivity index (χ2n) is 7.23. The first-order valence-corrected chi connectivity index (χ1v) is 12.5. The van der Waals surface area contributed by atoms with Crippen LogP contribution in [0.5, 0.6) is 5.75 Å². The lowest BCUT2D eigenvalue weighted by Gasteiger charge is -2.18. The third-order valence-electron chi connectivity index (χ3n) is 4.80. The first-order valence-electron chi connectivity index (χ1n) is 10.1. The molecule has 2 heterocycles. The van der Waals surface area contributed by atoms with Gasteiger partial charge in [0.25, 0.3) is 15.9 Å². The fourth-order valence-electron chi connectivity index (χ4n) is 2.90. The van der Waals surface area contributed by atoms with E-state index in [0.717, 1.165) is 22.5 Å². The Morgan fingerprint density at radius 2 is 1.82 bits per heavy atom. The van der Waals surface area contributed by atoms with Gasteiger partial charge in [0, 0.05) is 12.6 Å². The largest absolute Gasteiger partial charge is 0.482 e. The smallest absolute Gasteiger partial charge is 0.344 e. The lowest BCUT2D eigenvalue weighted by molar-refractivity contribution is -0.148. The van der Waals surface area contributed by atoms with Crippen molar-refractivity contribution in [3.05, 3.63) is 77.5 Å². The minimum Gasteiger partial charge on any atom is -0.482 e. The van der Waals surface area contributed by atoms with Crippen molar-refractivity contribution in [2.24, 2.45) is 0 Å². The van der Waals surface area contributed by atoms with Crippen LogP contribution >= 0.6 is 11.3 Å². The SMILES string of the molecule is Cc1ccc(-c2noc(COC(=O)COc3ccc(N(C)S(=O)(=O)c4cccs4)cc3)n2)cc1. The molecule has 0 aliphatic carbocycles. The number of ether oxygens (including phenoxy) is 2. The van der Waals surface area contributed by atoms with Crippen molar-refractivity contribution in [1.29, 1.82) is 0 Å². The molecule has 0 aliphatic rings. The van der Waals surface area contributed by atoms with Gasteiger partial charge in [-0.3, -0.25) is 4.31 Å². The molecule has 4 rings (SSSR count). The van der Waals surface area contributed by atoms with E-state index in [1.165, 1.54) is 11.4 Å². The third kappa shape index (κ3) is 5.43. The maximum absolute atomic E-state index is 12.6. The van der Waals surface area contributed by atoms with Crippen molar-refractivity contribution in [2.45, 2.75) is 17.7 Å². The molecule has 0 atom stereocenters. The molecule has 0 fully saturated rings. The van der Waals surface area contributed by atoms with Crippen LogP contribution in [0.1, 0.15) is 11.5 Å². The fourth-order valence-corrected chi connectivity index (χ4v) is 5.25. The second kappa shape index (κ2) is 10.1.